The normalized spacial score (nSPS) is 22.1. The van der Waals surface area contributed by atoms with E-state index in [0.717, 1.165) is 17.3 Å². The van der Waals surface area contributed by atoms with Gasteiger partial charge in [0.2, 0.25) is 0 Å². The van der Waals surface area contributed by atoms with E-state index in [4.69, 9.17) is 0 Å². The van der Waals surface area contributed by atoms with Gasteiger partial charge in [0.1, 0.15) is 0 Å². The Balaban J connectivity index is 1.79. The molecule has 0 bridgehead atoms. The molecule has 1 amide bonds. The van der Waals surface area contributed by atoms with E-state index < -0.39 is 5.60 Å². The molecule has 1 aliphatic rings. The molecule has 0 radical (unpaired) electrons. The second-order valence-corrected chi connectivity index (χ2v) is 5.36. The minimum Gasteiger partial charge on any atom is -0.387 e. The van der Waals surface area contributed by atoms with Crippen molar-refractivity contribution >= 4 is 16.7 Å². The van der Waals surface area contributed by atoms with Crippen LogP contribution in [-0.2, 0) is 0 Å². The molecule has 0 aliphatic carbocycles. The number of β-amino-alcohol motifs (C(OH)–C–C–N with tert-alkyl or cyclic N) is 1. The second kappa shape index (κ2) is 5.23. The Morgan fingerprint density at radius 2 is 2.05 bits per heavy atom. The zero-order valence-corrected chi connectivity index (χ0v) is 11.2. The van der Waals surface area contributed by atoms with Crippen molar-refractivity contribution in [3.63, 3.8) is 0 Å². The number of carbonyl (C=O) groups is 1. The van der Waals surface area contributed by atoms with E-state index in [2.05, 4.69) is 10.6 Å². The van der Waals surface area contributed by atoms with Crippen molar-refractivity contribution in [2.24, 2.45) is 0 Å². The van der Waals surface area contributed by atoms with Crippen LogP contribution in [0.15, 0.2) is 42.5 Å². The Morgan fingerprint density at radius 3 is 2.85 bits per heavy atom. The maximum atomic E-state index is 12.3. The van der Waals surface area contributed by atoms with Gasteiger partial charge in [0.15, 0.2) is 0 Å². The number of aliphatic hydroxyl groups is 1. The van der Waals surface area contributed by atoms with Gasteiger partial charge in [-0.05, 0) is 29.8 Å². The number of amides is 1. The van der Waals surface area contributed by atoms with Crippen LogP contribution in [0.4, 0.5) is 0 Å². The summed E-state index contributed by atoms with van der Waals surface area (Å²) >= 11 is 0. The molecule has 3 N–H and O–H groups in total. The SMILES string of the molecule is O=C(NC[C@@]1(O)CCNC1)c1cccc2ccccc12. The van der Waals surface area contributed by atoms with Crippen molar-refractivity contribution in [3.8, 4) is 0 Å². The molecular formula is C16H18N2O2. The van der Waals surface area contributed by atoms with Crippen molar-refractivity contribution < 1.29 is 9.90 Å². The molecule has 20 heavy (non-hydrogen) atoms. The minimum atomic E-state index is -0.819. The highest BCUT2D eigenvalue weighted by Gasteiger charge is 2.31. The van der Waals surface area contributed by atoms with Gasteiger partial charge in [0.05, 0.1) is 5.60 Å². The van der Waals surface area contributed by atoms with E-state index in [-0.39, 0.29) is 12.5 Å². The number of fused-ring (bicyclic) bond motifs is 1. The molecule has 104 valence electrons. The summed E-state index contributed by atoms with van der Waals surface area (Å²) in [7, 11) is 0. The highest BCUT2D eigenvalue weighted by atomic mass is 16.3. The standard InChI is InChI=1S/C16H18N2O2/c19-15(18-11-16(20)8-9-17-10-16)14-7-3-5-12-4-1-2-6-13(12)14/h1-7,17,20H,8-11H2,(H,18,19)/t16-/m1/s1. The molecule has 4 nitrogen and oxygen atoms in total. The summed E-state index contributed by atoms with van der Waals surface area (Å²) in [5.41, 5.74) is -0.169. The van der Waals surface area contributed by atoms with Crippen LogP contribution in [0.5, 0.6) is 0 Å². The van der Waals surface area contributed by atoms with Gasteiger partial charge in [0, 0.05) is 18.7 Å². The zero-order chi connectivity index (χ0) is 14.0. The van der Waals surface area contributed by atoms with Crippen LogP contribution in [0.3, 0.4) is 0 Å². The number of hydrogen-bond donors (Lipinski definition) is 3. The largest absolute Gasteiger partial charge is 0.387 e. The summed E-state index contributed by atoms with van der Waals surface area (Å²) in [6, 6.07) is 13.5. The lowest BCUT2D eigenvalue weighted by Gasteiger charge is -2.21. The molecule has 1 aliphatic heterocycles. The lowest BCUT2D eigenvalue weighted by atomic mass is 10.0. The Kier molecular flexibility index (Phi) is 3.42. The van der Waals surface area contributed by atoms with Crippen LogP contribution in [0.2, 0.25) is 0 Å². The number of benzene rings is 2. The van der Waals surface area contributed by atoms with Gasteiger partial charge < -0.3 is 15.7 Å². The summed E-state index contributed by atoms with van der Waals surface area (Å²) in [4.78, 5) is 12.3. The second-order valence-electron chi connectivity index (χ2n) is 5.36. The number of nitrogens with one attached hydrogen (secondary N) is 2. The summed E-state index contributed by atoms with van der Waals surface area (Å²) in [6.45, 7) is 1.60. The first-order valence-electron chi connectivity index (χ1n) is 6.87. The van der Waals surface area contributed by atoms with Crippen LogP contribution in [0.25, 0.3) is 10.8 Å². The highest BCUT2D eigenvalue weighted by molar-refractivity contribution is 6.07. The lowest BCUT2D eigenvalue weighted by Crippen LogP contribution is -2.44. The van der Waals surface area contributed by atoms with Gasteiger partial charge >= 0.3 is 0 Å². The molecule has 1 saturated heterocycles. The van der Waals surface area contributed by atoms with Gasteiger partial charge in [-0.15, -0.1) is 0 Å². The maximum Gasteiger partial charge on any atom is 0.252 e. The fourth-order valence-corrected chi connectivity index (χ4v) is 2.64. The Morgan fingerprint density at radius 1 is 1.25 bits per heavy atom. The van der Waals surface area contributed by atoms with Crippen molar-refractivity contribution in [1.29, 1.82) is 0 Å². The lowest BCUT2D eigenvalue weighted by molar-refractivity contribution is 0.0562. The molecule has 0 unspecified atom stereocenters. The van der Waals surface area contributed by atoms with E-state index in [1.54, 1.807) is 0 Å². The Bertz CT molecular complexity index is 628. The third-order valence-corrected chi connectivity index (χ3v) is 3.83. The smallest absolute Gasteiger partial charge is 0.252 e. The molecule has 2 aromatic rings. The number of hydrogen-bond acceptors (Lipinski definition) is 3. The molecule has 0 aromatic heterocycles. The predicted octanol–water partition coefficient (Wildman–Crippen LogP) is 1.29. The molecule has 2 aromatic carbocycles. The maximum absolute atomic E-state index is 12.3. The topological polar surface area (TPSA) is 61.4 Å². The summed E-state index contributed by atoms with van der Waals surface area (Å²) in [6.07, 6.45) is 0.669. The zero-order valence-electron chi connectivity index (χ0n) is 11.2. The Labute approximate surface area is 117 Å². The minimum absolute atomic E-state index is 0.137. The molecule has 1 atom stereocenters. The molecule has 0 spiro atoms. The number of rotatable bonds is 3. The third-order valence-electron chi connectivity index (χ3n) is 3.83. The molecule has 1 fully saturated rings. The van der Waals surface area contributed by atoms with Gasteiger partial charge in [0.25, 0.3) is 5.91 Å². The van der Waals surface area contributed by atoms with E-state index >= 15 is 0 Å². The van der Waals surface area contributed by atoms with Crippen molar-refractivity contribution in [1.82, 2.24) is 10.6 Å². The van der Waals surface area contributed by atoms with Crippen molar-refractivity contribution in [2.75, 3.05) is 19.6 Å². The van der Waals surface area contributed by atoms with Crippen molar-refractivity contribution in [2.45, 2.75) is 12.0 Å². The predicted molar refractivity (Wildman–Crippen MR) is 78.7 cm³/mol. The van der Waals surface area contributed by atoms with Crippen LogP contribution in [0.1, 0.15) is 16.8 Å². The van der Waals surface area contributed by atoms with Gasteiger partial charge in [-0.2, -0.15) is 0 Å². The molecule has 4 heteroatoms. The van der Waals surface area contributed by atoms with E-state index in [1.807, 2.05) is 42.5 Å². The quantitative estimate of drug-likeness (QED) is 0.787. The molecular weight excluding hydrogens is 252 g/mol. The first-order chi connectivity index (χ1) is 9.68. The molecule has 1 heterocycles. The van der Waals surface area contributed by atoms with Gasteiger partial charge in [-0.25, -0.2) is 0 Å². The fraction of sp³-hybridized carbons (Fsp3) is 0.312. The number of carbonyl (C=O) groups excluding carboxylic acids is 1. The first-order valence-corrected chi connectivity index (χ1v) is 6.87. The third kappa shape index (κ3) is 2.53. The molecule has 0 saturated carbocycles. The fourth-order valence-electron chi connectivity index (χ4n) is 2.64. The van der Waals surface area contributed by atoms with Crippen LogP contribution < -0.4 is 10.6 Å². The molecule has 3 rings (SSSR count). The van der Waals surface area contributed by atoms with Gasteiger partial charge in [-0.3, -0.25) is 4.79 Å². The van der Waals surface area contributed by atoms with E-state index in [9.17, 15) is 9.90 Å². The highest BCUT2D eigenvalue weighted by Crippen LogP contribution is 2.19. The summed E-state index contributed by atoms with van der Waals surface area (Å²) < 4.78 is 0. The average Bonchev–Trinajstić information content (AvgIpc) is 2.91. The van der Waals surface area contributed by atoms with Crippen LogP contribution >= 0.6 is 0 Å². The van der Waals surface area contributed by atoms with Crippen LogP contribution in [0, 0.1) is 0 Å². The summed E-state index contributed by atoms with van der Waals surface area (Å²) in [5.74, 6) is -0.137. The van der Waals surface area contributed by atoms with Gasteiger partial charge in [-0.1, -0.05) is 36.4 Å². The monoisotopic (exact) mass is 270 g/mol. The van der Waals surface area contributed by atoms with Crippen LogP contribution in [-0.4, -0.2) is 36.2 Å². The van der Waals surface area contributed by atoms with Crippen molar-refractivity contribution in [3.05, 3.63) is 48.0 Å². The van der Waals surface area contributed by atoms with E-state index in [0.29, 0.717) is 18.5 Å². The Hall–Kier alpha value is -1.91. The average molecular weight is 270 g/mol. The summed E-state index contributed by atoms with van der Waals surface area (Å²) in [5, 5.41) is 18.1. The van der Waals surface area contributed by atoms with E-state index in [1.165, 1.54) is 0 Å². The first kappa shape index (κ1) is 13.1.